The summed E-state index contributed by atoms with van der Waals surface area (Å²) in [5.41, 5.74) is 6.51. The second kappa shape index (κ2) is 10.6. The fourth-order valence-corrected chi connectivity index (χ4v) is 5.21. The van der Waals surface area contributed by atoms with Crippen molar-refractivity contribution in [1.29, 1.82) is 0 Å². The molecule has 0 spiro atoms. The molecule has 2 aliphatic carbocycles. The largest absolute Gasteiger partial charge is 0.384 e. The third-order valence-corrected chi connectivity index (χ3v) is 6.62. The number of nitrogens with zero attached hydrogens (tertiary/aromatic N) is 1. The molecule has 0 aliphatic heterocycles. The Hall–Kier alpha value is -2.31. The van der Waals surface area contributed by atoms with Crippen molar-refractivity contribution < 1.29 is 9.59 Å². The lowest BCUT2D eigenvalue weighted by atomic mass is 9.64. The average Bonchev–Trinajstić information content (AvgIpc) is 2.72. The van der Waals surface area contributed by atoms with Crippen LogP contribution in [0.3, 0.4) is 0 Å². The van der Waals surface area contributed by atoms with Gasteiger partial charge in [0.25, 0.3) is 0 Å². The summed E-state index contributed by atoms with van der Waals surface area (Å²) in [6.07, 6.45) is 11.3. The molecule has 4 atom stereocenters. The molecule has 2 saturated carbocycles. The summed E-state index contributed by atoms with van der Waals surface area (Å²) in [7, 11) is 0. The third kappa shape index (κ3) is 6.34. The third-order valence-electron chi connectivity index (χ3n) is 6.62. The molecule has 0 aromatic carbocycles. The van der Waals surface area contributed by atoms with Gasteiger partial charge in [-0.3, -0.25) is 4.79 Å². The number of anilines is 1. The molecule has 7 heteroatoms. The number of carbonyl (C=O) groups excluding carboxylic acids is 2. The number of hydrogen-bond donors (Lipinski definition) is 4. The highest BCUT2D eigenvalue weighted by Gasteiger charge is 2.37. The Labute approximate surface area is 180 Å². The lowest BCUT2D eigenvalue weighted by Crippen LogP contribution is -2.52. The van der Waals surface area contributed by atoms with E-state index in [1.165, 1.54) is 38.5 Å². The highest BCUT2D eigenvalue weighted by atomic mass is 16.2. The van der Waals surface area contributed by atoms with E-state index < -0.39 is 6.04 Å². The predicted molar refractivity (Wildman–Crippen MR) is 118 cm³/mol. The molecular formula is C23H37N5O2. The number of hydrogen-bond acceptors (Lipinski definition) is 4. The zero-order chi connectivity index (χ0) is 21.5. The molecule has 7 nitrogen and oxygen atoms in total. The van der Waals surface area contributed by atoms with Crippen LogP contribution >= 0.6 is 0 Å². The minimum Gasteiger partial charge on any atom is -0.384 e. The van der Waals surface area contributed by atoms with Crippen LogP contribution in [0.5, 0.6) is 0 Å². The average molecular weight is 416 g/mol. The van der Waals surface area contributed by atoms with Crippen molar-refractivity contribution in [3.8, 4) is 0 Å². The maximum Gasteiger partial charge on any atom is 0.315 e. The second-order valence-electron chi connectivity index (χ2n) is 9.27. The molecule has 3 rings (SSSR count). The Balaban J connectivity index is 1.64. The van der Waals surface area contributed by atoms with Gasteiger partial charge < -0.3 is 21.7 Å². The lowest BCUT2D eigenvalue weighted by molar-refractivity contribution is -0.123. The molecule has 0 radical (unpaired) electrons. The van der Waals surface area contributed by atoms with Crippen molar-refractivity contribution in [2.75, 3.05) is 5.73 Å². The Bertz CT molecular complexity index is 704. The van der Waals surface area contributed by atoms with Crippen molar-refractivity contribution in [3.63, 3.8) is 0 Å². The predicted octanol–water partition coefficient (Wildman–Crippen LogP) is 3.35. The molecule has 0 saturated heterocycles. The molecule has 1 aromatic heterocycles. The number of amides is 3. The van der Waals surface area contributed by atoms with Gasteiger partial charge in [0, 0.05) is 18.8 Å². The molecule has 1 heterocycles. The van der Waals surface area contributed by atoms with Crippen LogP contribution in [0, 0.1) is 17.8 Å². The van der Waals surface area contributed by atoms with Crippen molar-refractivity contribution >= 4 is 17.8 Å². The first-order valence-corrected chi connectivity index (χ1v) is 11.5. The zero-order valence-corrected chi connectivity index (χ0v) is 18.3. The van der Waals surface area contributed by atoms with Crippen LogP contribution in [0.15, 0.2) is 18.3 Å². The fraction of sp³-hybridized carbons (Fsp3) is 0.696. The zero-order valence-electron chi connectivity index (χ0n) is 18.3. The van der Waals surface area contributed by atoms with E-state index in [1.54, 1.807) is 12.3 Å². The SMILES string of the molecule is CC(C)NC(=O)NC(CC1CCCC2CCCCC21)C(=O)NCc1ccc(N)nc1. The molecule has 0 bridgehead atoms. The van der Waals surface area contributed by atoms with Crippen LogP contribution in [0.25, 0.3) is 0 Å². The number of aromatic nitrogens is 1. The van der Waals surface area contributed by atoms with Gasteiger partial charge in [-0.05, 0) is 56.1 Å². The van der Waals surface area contributed by atoms with Crippen LogP contribution in [0.2, 0.25) is 0 Å². The molecule has 2 aliphatic rings. The van der Waals surface area contributed by atoms with Crippen LogP contribution in [-0.2, 0) is 11.3 Å². The highest BCUT2D eigenvalue weighted by molar-refractivity contribution is 5.87. The summed E-state index contributed by atoms with van der Waals surface area (Å²) in [5, 5.41) is 8.76. The first-order valence-electron chi connectivity index (χ1n) is 11.5. The van der Waals surface area contributed by atoms with Gasteiger partial charge in [-0.2, -0.15) is 0 Å². The number of nitrogen functional groups attached to an aromatic ring is 1. The Kier molecular flexibility index (Phi) is 7.94. The van der Waals surface area contributed by atoms with E-state index >= 15 is 0 Å². The minimum absolute atomic E-state index is 0.0203. The number of carbonyl (C=O) groups is 2. The van der Waals surface area contributed by atoms with Crippen molar-refractivity contribution in [2.24, 2.45) is 17.8 Å². The van der Waals surface area contributed by atoms with Gasteiger partial charge in [0.15, 0.2) is 0 Å². The first-order chi connectivity index (χ1) is 14.4. The Morgan fingerprint density at radius 2 is 1.87 bits per heavy atom. The van der Waals surface area contributed by atoms with Crippen molar-refractivity contribution in [1.82, 2.24) is 20.9 Å². The van der Waals surface area contributed by atoms with Crippen LogP contribution in [-0.4, -0.2) is 29.0 Å². The van der Waals surface area contributed by atoms with Gasteiger partial charge in [0.05, 0.1) is 0 Å². The van der Waals surface area contributed by atoms with E-state index in [4.69, 9.17) is 5.73 Å². The number of rotatable bonds is 7. The van der Waals surface area contributed by atoms with E-state index in [0.717, 1.165) is 17.9 Å². The number of pyridine rings is 1. The monoisotopic (exact) mass is 415 g/mol. The van der Waals surface area contributed by atoms with Gasteiger partial charge in [0.2, 0.25) is 5.91 Å². The standard InChI is InChI=1S/C23H37N5O2/c1-15(2)27-23(30)28-20(22(29)26-14-16-10-11-21(24)25-13-16)12-18-8-5-7-17-6-3-4-9-19(17)18/h10-11,13,15,17-20H,3-9,12,14H2,1-2H3,(H2,24,25)(H,26,29)(H2,27,28,30). The van der Waals surface area contributed by atoms with Crippen LogP contribution in [0.1, 0.15) is 70.8 Å². The number of nitrogens with two attached hydrogens (primary N) is 1. The normalized spacial score (nSPS) is 24.6. The molecular weight excluding hydrogens is 378 g/mol. The van der Waals surface area contributed by atoms with Gasteiger partial charge in [0.1, 0.15) is 11.9 Å². The number of urea groups is 1. The highest BCUT2D eigenvalue weighted by Crippen LogP contribution is 2.45. The maximum absolute atomic E-state index is 13.0. The summed E-state index contributed by atoms with van der Waals surface area (Å²) < 4.78 is 0. The van der Waals surface area contributed by atoms with Gasteiger partial charge in [-0.1, -0.05) is 44.6 Å². The molecule has 166 valence electrons. The van der Waals surface area contributed by atoms with Crippen molar-refractivity contribution in [3.05, 3.63) is 23.9 Å². The van der Waals surface area contributed by atoms with Gasteiger partial charge >= 0.3 is 6.03 Å². The molecule has 4 unspecified atom stereocenters. The molecule has 5 N–H and O–H groups in total. The second-order valence-corrected chi connectivity index (χ2v) is 9.27. The lowest BCUT2D eigenvalue weighted by Gasteiger charge is -2.42. The minimum atomic E-state index is -0.531. The molecule has 1 aromatic rings. The van der Waals surface area contributed by atoms with Crippen LogP contribution in [0.4, 0.5) is 10.6 Å². The summed E-state index contributed by atoms with van der Waals surface area (Å²) in [5.74, 6) is 2.31. The van der Waals surface area contributed by atoms with Crippen molar-refractivity contribution in [2.45, 2.75) is 83.8 Å². The summed E-state index contributed by atoms with van der Waals surface area (Å²) in [6, 6.07) is 2.78. The topological polar surface area (TPSA) is 109 Å². The first kappa shape index (κ1) is 22.4. The maximum atomic E-state index is 13.0. The van der Waals surface area contributed by atoms with E-state index in [2.05, 4.69) is 20.9 Å². The summed E-state index contributed by atoms with van der Waals surface area (Å²) >= 11 is 0. The van der Waals surface area contributed by atoms with E-state index in [1.807, 2.05) is 19.9 Å². The molecule has 30 heavy (non-hydrogen) atoms. The quantitative estimate of drug-likeness (QED) is 0.547. The fourth-order valence-electron chi connectivity index (χ4n) is 5.21. The van der Waals surface area contributed by atoms with Gasteiger partial charge in [-0.25, -0.2) is 9.78 Å². The molecule has 3 amide bonds. The Morgan fingerprint density at radius 1 is 1.10 bits per heavy atom. The number of nitrogens with one attached hydrogen (secondary N) is 3. The van der Waals surface area contributed by atoms with E-state index in [0.29, 0.717) is 30.6 Å². The van der Waals surface area contributed by atoms with E-state index in [9.17, 15) is 9.59 Å². The summed E-state index contributed by atoms with van der Waals surface area (Å²) in [4.78, 5) is 29.5. The van der Waals surface area contributed by atoms with E-state index in [-0.39, 0.29) is 18.0 Å². The molecule has 2 fully saturated rings. The summed E-state index contributed by atoms with van der Waals surface area (Å²) in [6.45, 7) is 4.19. The smallest absolute Gasteiger partial charge is 0.315 e. The van der Waals surface area contributed by atoms with Crippen LogP contribution < -0.4 is 21.7 Å². The number of fused-ring (bicyclic) bond motifs is 1. The van der Waals surface area contributed by atoms with Gasteiger partial charge in [-0.15, -0.1) is 0 Å². The Morgan fingerprint density at radius 3 is 2.60 bits per heavy atom.